The number of likely N-dealkylation sites (tertiary alicyclic amines) is 1. The fourth-order valence-corrected chi connectivity index (χ4v) is 6.00. The number of nitrogens with zero attached hydrogens (tertiary/aromatic N) is 3. The molecule has 3 unspecified atom stereocenters. The zero-order chi connectivity index (χ0) is 30.8. The van der Waals surface area contributed by atoms with Gasteiger partial charge in [-0.05, 0) is 49.1 Å². The monoisotopic (exact) mass is 589 g/mol. The second-order valence-electron chi connectivity index (χ2n) is 11.4. The Bertz CT molecular complexity index is 1270. The molecular weight excluding hydrogens is 546 g/mol. The largest absolute Gasteiger partial charge is 0.370 e. The quantitative estimate of drug-likeness (QED) is 0.215. The van der Waals surface area contributed by atoms with Crippen molar-refractivity contribution < 1.29 is 19.2 Å². The van der Waals surface area contributed by atoms with Crippen molar-refractivity contribution >= 4 is 29.6 Å². The van der Waals surface area contributed by atoms with Gasteiger partial charge in [0.05, 0.1) is 6.54 Å². The summed E-state index contributed by atoms with van der Waals surface area (Å²) in [6.45, 7) is 1.27. The smallest absolute Gasteiger partial charge is 0.246 e. The highest BCUT2D eigenvalue weighted by molar-refractivity contribution is 5.97. The van der Waals surface area contributed by atoms with Crippen LogP contribution in [0.5, 0.6) is 0 Å². The van der Waals surface area contributed by atoms with E-state index in [0.717, 1.165) is 31.2 Å². The molecule has 3 atom stereocenters. The number of rotatable bonds is 12. The molecule has 2 aromatic carbocycles. The van der Waals surface area contributed by atoms with E-state index >= 15 is 0 Å². The number of amides is 4. The van der Waals surface area contributed by atoms with E-state index in [4.69, 9.17) is 11.1 Å². The van der Waals surface area contributed by atoms with Crippen molar-refractivity contribution in [3.63, 3.8) is 0 Å². The Hall–Kier alpha value is -4.41. The van der Waals surface area contributed by atoms with Crippen LogP contribution in [0.15, 0.2) is 60.7 Å². The Kier molecular flexibility index (Phi) is 11.1. The van der Waals surface area contributed by atoms with Gasteiger partial charge in [0.15, 0.2) is 5.96 Å². The van der Waals surface area contributed by atoms with Crippen molar-refractivity contribution in [2.75, 3.05) is 39.8 Å². The van der Waals surface area contributed by atoms with Gasteiger partial charge in [-0.25, -0.2) is 0 Å². The van der Waals surface area contributed by atoms with Crippen LogP contribution in [0.3, 0.4) is 0 Å². The number of nitrogens with two attached hydrogens (primary N) is 1. The lowest BCUT2D eigenvalue weighted by atomic mass is 9.91. The minimum atomic E-state index is -0.827. The van der Waals surface area contributed by atoms with E-state index in [1.165, 1.54) is 17.5 Å². The first-order valence-electron chi connectivity index (χ1n) is 15.0. The molecule has 2 heterocycles. The van der Waals surface area contributed by atoms with Gasteiger partial charge in [0.1, 0.15) is 18.6 Å². The van der Waals surface area contributed by atoms with Crippen molar-refractivity contribution in [1.82, 2.24) is 25.3 Å². The minimum Gasteiger partial charge on any atom is -0.370 e. The minimum absolute atomic E-state index is 0.00271. The van der Waals surface area contributed by atoms with Gasteiger partial charge < -0.3 is 31.1 Å². The lowest BCUT2D eigenvalue weighted by Crippen LogP contribution is -2.63. The number of aryl methyl sites for hydroxylation is 1. The van der Waals surface area contributed by atoms with Crippen LogP contribution in [-0.4, -0.2) is 96.1 Å². The summed E-state index contributed by atoms with van der Waals surface area (Å²) in [7, 11) is 1.51. The van der Waals surface area contributed by atoms with Crippen LogP contribution in [0.25, 0.3) is 0 Å². The first-order chi connectivity index (χ1) is 20.7. The van der Waals surface area contributed by atoms with E-state index in [-0.39, 0.29) is 49.1 Å². The highest BCUT2D eigenvalue weighted by Gasteiger charge is 2.40. The van der Waals surface area contributed by atoms with Gasteiger partial charge in [-0.2, -0.15) is 0 Å². The molecule has 43 heavy (non-hydrogen) atoms. The molecule has 0 radical (unpaired) electrons. The molecule has 5 N–H and O–H groups in total. The molecule has 0 saturated carbocycles. The standard InChI is InChI=1S/C32H43N7O4/c1-35-30(42)26(18-25-15-9-17-38(20-25)32(33)34)36-28(40)21-39-27(19-24-12-6-3-7-13-24)31(43)37(22-29(39)41)16-8-14-23-10-4-2-5-11-23/h2-7,10-13,25-27H,8-9,14-22H2,1H3,(H3,33,34)(H,35,42)(H,36,40). The molecule has 0 aromatic heterocycles. The Balaban J connectivity index is 1.43. The molecular formula is C32H43N7O4. The topological polar surface area (TPSA) is 152 Å². The predicted molar refractivity (Wildman–Crippen MR) is 164 cm³/mol. The number of hydrogen-bond acceptors (Lipinski definition) is 5. The Morgan fingerprint density at radius 1 is 1.05 bits per heavy atom. The Labute approximate surface area is 253 Å². The molecule has 2 aliphatic rings. The molecule has 230 valence electrons. The van der Waals surface area contributed by atoms with Gasteiger partial charge in [-0.15, -0.1) is 0 Å². The second kappa shape index (κ2) is 15.2. The number of carbonyl (C=O) groups is 4. The summed E-state index contributed by atoms with van der Waals surface area (Å²) in [6.07, 6.45) is 3.87. The Morgan fingerprint density at radius 2 is 1.72 bits per heavy atom. The fraction of sp³-hybridized carbons (Fsp3) is 0.469. The van der Waals surface area contributed by atoms with E-state index in [1.807, 2.05) is 60.7 Å². The van der Waals surface area contributed by atoms with Crippen LogP contribution in [-0.2, 0) is 32.0 Å². The molecule has 0 bridgehead atoms. The Morgan fingerprint density at radius 3 is 2.37 bits per heavy atom. The SMILES string of the molecule is CNC(=O)C(CC1CCCN(C(=N)N)C1)NC(=O)CN1C(=O)CN(CCCc2ccccc2)C(=O)C1Cc1ccccc1. The molecule has 4 rings (SSSR count). The van der Waals surface area contributed by atoms with Crippen LogP contribution in [0.1, 0.15) is 36.8 Å². The molecule has 4 amide bonds. The van der Waals surface area contributed by atoms with Gasteiger partial charge in [0, 0.05) is 33.1 Å². The van der Waals surface area contributed by atoms with Crippen LogP contribution >= 0.6 is 0 Å². The van der Waals surface area contributed by atoms with Crippen molar-refractivity contribution in [2.24, 2.45) is 11.7 Å². The zero-order valence-corrected chi connectivity index (χ0v) is 24.8. The molecule has 11 nitrogen and oxygen atoms in total. The van der Waals surface area contributed by atoms with Crippen molar-refractivity contribution in [3.05, 3.63) is 71.8 Å². The summed E-state index contributed by atoms with van der Waals surface area (Å²) in [6, 6.07) is 17.8. The van der Waals surface area contributed by atoms with Crippen molar-refractivity contribution in [1.29, 1.82) is 5.41 Å². The second-order valence-corrected chi connectivity index (χ2v) is 11.4. The van der Waals surface area contributed by atoms with E-state index in [0.29, 0.717) is 26.1 Å². The number of guanidine groups is 1. The van der Waals surface area contributed by atoms with E-state index < -0.39 is 18.0 Å². The summed E-state index contributed by atoms with van der Waals surface area (Å²) >= 11 is 0. The summed E-state index contributed by atoms with van der Waals surface area (Å²) in [4.78, 5) is 58.0. The molecule has 2 aliphatic heterocycles. The number of hydrogen-bond donors (Lipinski definition) is 4. The maximum absolute atomic E-state index is 13.7. The molecule has 0 aliphatic carbocycles. The summed E-state index contributed by atoms with van der Waals surface area (Å²) in [5.41, 5.74) is 7.74. The van der Waals surface area contributed by atoms with E-state index in [9.17, 15) is 19.2 Å². The van der Waals surface area contributed by atoms with E-state index in [2.05, 4.69) is 10.6 Å². The highest BCUT2D eigenvalue weighted by Crippen LogP contribution is 2.22. The van der Waals surface area contributed by atoms with Gasteiger partial charge in [0.25, 0.3) is 0 Å². The van der Waals surface area contributed by atoms with Gasteiger partial charge >= 0.3 is 0 Å². The normalized spacial score (nSPS) is 19.6. The highest BCUT2D eigenvalue weighted by atomic mass is 16.2. The number of piperidine rings is 1. The summed E-state index contributed by atoms with van der Waals surface area (Å²) in [5.74, 6) is -1.25. The number of nitrogens with one attached hydrogen (secondary N) is 3. The third-order valence-corrected chi connectivity index (χ3v) is 8.27. The first kappa shape index (κ1) is 31.5. The number of carbonyl (C=O) groups excluding carboxylic acids is 4. The third kappa shape index (κ3) is 8.79. The third-order valence-electron chi connectivity index (χ3n) is 8.27. The lowest BCUT2D eigenvalue weighted by Gasteiger charge is -2.40. The number of likely N-dealkylation sites (N-methyl/N-ethyl adjacent to an activating group) is 1. The van der Waals surface area contributed by atoms with Gasteiger partial charge in [-0.1, -0.05) is 60.7 Å². The average molecular weight is 590 g/mol. The maximum Gasteiger partial charge on any atom is 0.246 e. The molecule has 0 spiro atoms. The van der Waals surface area contributed by atoms with Crippen LogP contribution in [0, 0.1) is 11.3 Å². The number of benzene rings is 2. The first-order valence-corrected chi connectivity index (χ1v) is 15.0. The predicted octanol–water partition coefficient (Wildman–Crippen LogP) is 1.13. The lowest BCUT2D eigenvalue weighted by molar-refractivity contribution is -0.157. The average Bonchev–Trinajstić information content (AvgIpc) is 3.01. The van der Waals surface area contributed by atoms with Crippen molar-refractivity contribution in [2.45, 2.75) is 50.6 Å². The molecule has 11 heteroatoms. The van der Waals surface area contributed by atoms with E-state index in [1.54, 1.807) is 9.80 Å². The van der Waals surface area contributed by atoms with Gasteiger partial charge in [0.2, 0.25) is 23.6 Å². The summed E-state index contributed by atoms with van der Waals surface area (Å²) < 4.78 is 0. The molecule has 2 aromatic rings. The number of piperazine rings is 1. The molecule has 2 saturated heterocycles. The maximum atomic E-state index is 13.7. The van der Waals surface area contributed by atoms with Crippen molar-refractivity contribution in [3.8, 4) is 0 Å². The summed E-state index contributed by atoms with van der Waals surface area (Å²) in [5, 5.41) is 13.2. The molecule has 2 fully saturated rings. The zero-order valence-electron chi connectivity index (χ0n) is 24.8. The fourth-order valence-electron chi connectivity index (χ4n) is 6.00. The van der Waals surface area contributed by atoms with Crippen LogP contribution < -0.4 is 16.4 Å². The van der Waals surface area contributed by atoms with Crippen LogP contribution in [0.2, 0.25) is 0 Å². The van der Waals surface area contributed by atoms with Crippen LogP contribution in [0.4, 0.5) is 0 Å². The van der Waals surface area contributed by atoms with Gasteiger partial charge in [-0.3, -0.25) is 24.6 Å².